The number of amides is 2. The Morgan fingerprint density at radius 3 is 2.65 bits per heavy atom. The standard InChI is InChI=1S/C19H16N4O3/c1-11-12-6-2-5-9-15(12)26-18(11)19(25)23-22-17(24)10-16-20-13-7-3-4-8-14(13)21-16/h2-9H,10H2,1H3,(H,20,21)(H,22,24)(H,23,25). The summed E-state index contributed by atoms with van der Waals surface area (Å²) in [4.78, 5) is 31.8. The van der Waals surface area contributed by atoms with E-state index in [2.05, 4.69) is 20.8 Å². The van der Waals surface area contributed by atoms with Crippen molar-refractivity contribution < 1.29 is 14.0 Å². The quantitative estimate of drug-likeness (QED) is 0.496. The SMILES string of the molecule is Cc1c(C(=O)NNC(=O)Cc2nc3ccccc3[nH]2)oc2ccccc12. The molecule has 7 heteroatoms. The van der Waals surface area contributed by atoms with Crippen molar-refractivity contribution in [2.24, 2.45) is 0 Å². The number of hydrazine groups is 1. The van der Waals surface area contributed by atoms with Gasteiger partial charge in [-0.1, -0.05) is 30.3 Å². The van der Waals surface area contributed by atoms with E-state index in [1.807, 2.05) is 42.5 Å². The molecule has 0 unspecified atom stereocenters. The van der Waals surface area contributed by atoms with E-state index in [0.29, 0.717) is 11.4 Å². The van der Waals surface area contributed by atoms with E-state index in [0.717, 1.165) is 22.0 Å². The van der Waals surface area contributed by atoms with E-state index in [9.17, 15) is 9.59 Å². The molecule has 4 rings (SSSR count). The van der Waals surface area contributed by atoms with Crippen molar-refractivity contribution in [3.63, 3.8) is 0 Å². The van der Waals surface area contributed by atoms with E-state index >= 15 is 0 Å². The third-order valence-corrected chi connectivity index (χ3v) is 4.13. The number of carbonyl (C=O) groups excluding carboxylic acids is 2. The topological polar surface area (TPSA) is 100 Å². The van der Waals surface area contributed by atoms with Gasteiger partial charge in [0.05, 0.1) is 17.5 Å². The Balaban J connectivity index is 1.41. The number of carbonyl (C=O) groups is 2. The third kappa shape index (κ3) is 2.90. The van der Waals surface area contributed by atoms with Crippen LogP contribution in [0, 0.1) is 6.92 Å². The number of hydrogen-bond acceptors (Lipinski definition) is 4. The molecule has 0 aliphatic heterocycles. The van der Waals surface area contributed by atoms with E-state index < -0.39 is 5.91 Å². The van der Waals surface area contributed by atoms with Crippen LogP contribution in [-0.2, 0) is 11.2 Å². The van der Waals surface area contributed by atoms with Crippen molar-refractivity contribution in [1.82, 2.24) is 20.8 Å². The number of para-hydroxylation sites is 3. The number of nitrogens with zero attached hydrogens (tertiary/aromatic N) is 1. The number of aryl methyl sites for hydroxylation is 1. The number of nitrogens with one attached hydrogen (secondary N) is 3. The molecule has 3 N–H and O–H groups in total. The largest absolute Gasteiger partial charge is 0.451 e. The van der Waals surface area contributed by atoms with Gasteiger partial charge in [-0.05, 0) is 25.1 Å². The molecule has 0 aliphatic carbocycles. The maximum atomic E-state index is 12.3. The summed E-state index contributed by atoms with van der Waals surface area (Å²) in [6.07, 6.45) is 0.0219. The van der Waals surface area contributed by atoms with Crippen LogP contribution in [0.4, 0.5) is 0 Å². The monoisotopic (exact) mass is 348 g/mol. The zero-order valence-electron chi connectivity index (χ0n) is 14.0. The normalized spacial score (nSPS) is 11.0. The van der Waals surface area contributed by atoms with Crippen LogP contribution >= 0.6 is 0 Å². The zero-order chi connectivity index (χ0) is 18.1. The molecule has 0 spiro atoms. The lowest BCUT2D eigenvalue weighted by atomic mass is 10.1. The summed E-state index contributed by atoms with van der Waals surface area (Å²) in [7, 11) is 0. The first-order chi connectivity index (χ1) is 12.6. The van der Waals surface area contributed by atoms with Gasteiger partial charge in [0.15, 0.2) is 5.76 Å². The molecule has 7 nitrogen and oxygen atoms in total. The predicted octanol–water partition coefficient (Wildman–Crippen LogP) is 2.62. The lowest BCUT2D eigenvalue weighted by Crippen LogP contribution is -2.42. The predicted molar refractivity (Wildman–Crippen MR) is 96.4 cm³/mol. The van der Waals surface area contributed by atoms with Crippen LogP contribution in [-0.4, -0.2) is 21.8 Å². The Morgan fingerprint density at radius 2 is 1.85 bits per heavy atom. The van der Waals surface area contributed by atoms with E-state index in [1.54, 1.807) is 13.0 Å². The van der Waals surface area contributed by atoms with Gasteiger partial charge in [-0.25, -0.2) is 4.98 Å². The highest BCUT2D eigenvalue weighted by Gasteiger charge is 2.18. The molecule has 0 saturated carbocycles. The molecule has 2 heterocycles. The third-order valence-electron chi connectivity index (χ3n) is 4.13. The second-order valence-corrected chi connectivity index (χ2v) is 5.93. The van der Waals surface area contributed by atoms with Crippen LogP contribution in [0.3, 0.4) is 0 Å². The summed E-state index contributed by atoms with van der Waals surface area (Å²) in [6, 6.07) is 14.9. The zero-order valence-corrected chi connectivity index (χ0v) is 14.0. The number of furan rings is 1. The summed E-state index contributed by atoms with van der Waals surface area (Å²) in [5.41, 5.74) is 7.77. The molecule has 26 heavy (non-hydrogen) atoms. The minimum atomic E-state index is -0.503. The summed E-state index contributed by atoms with van der Waals surface area (Å²) in [6.45, 7) is 1.80. The van der Waals surface area contributed by atoms with Crippen molar-refractivity contribution in [3.05, 3.63) is 65.7 Å². The van der Waals surface area contributed by atoms with Gasteiger partial charge in [0.1, 0.15) is 11.4 Å². The van der Waals surface area contributed by atoms with Crippen molar-refractivity contribution >= 4 is 33.8 Å². The fourth-order valence-corrected chi connectivity index (χ4v) is 2.86. The van der Waals surface area contributed by atoms with Crippen LogP contribution in [0.15, 0.2) is 52.9 Å². The average molecular weight is 348 g/mol. The number of aromatic nitrogens is 2. The number of imidazole rings is 1. The highest BCUT2D eigenvalue weighted by Crippen LogP contribution is 2.24. The Labute approximate surface area is 148 Å². The van der Waals surface area contributed by atoms with E-state index in [1.165, 1.54) is 0 Å². The number of H-pyrrole nitrogens is 1. The van der Waals surface area contributed by atoms with E-state index in [-0.39, 0.29) is 18.1 Å². The van der Waals surface area contributed by atoms with Gasteiger partial charge in [-0.15, -0.1) is 0 Å². The van der Waals surface area contributed by atoms with Crippen molar-refractivity contribution in [2.75, 3.05) is 0 Å². The number of fused-ring (bicyclic) bond motifs is 2. The molecule has 130 valence electrons. The summed E-state index contributed by atoms with van der Waals surface area (Å²) in [5.74, 6) is -0.184. The van der Waals surface area contributed by atoms with Crippen LogP contribution in [0.5, 0.6) is 0 Å². The Kier molecular flexibility index (Phi) is 3.89. The fourth-order valence-electron chi connectivity index (χ4n) is 2.86. The maximum Gasteiger partial charge on any atom is 0.305 e. The van der Waals surface area contributed by atoms with Crippen LogP contribution in [0.2, 0.25) is 0 Å². The highest BCUT2D eigenvalue weighted by atomic mass is 16.3. The summed E-state index contributed by atoms with van der Waals surface area (Å²) < 4.78 is 5.57. The highest BCUT2D eigenvalue weighted by molar-refractivity contribution is 5.99. The van der Waals surface area contributed by atoms with Gasteiger partial charge < -0.3 is 9.40 Å². The van der Waals surface area contributed by atoms with Crippen LogP contribution < -0.4 is 10.9 Å². The smallest absolute Gasteiger partial charge is 0.305 e. The van der Waals surface area contributed by atoms with Crippen molar-refractivity contribution in [2.45, 2.75) is 13.3 Å². The molecule has 0 aliphatic rings. The Morgan fingerprint density at radius 1 is 1.08 bits per heavy atom. The lowest BCUT2D eigenvalue weighted by molar-refractivity contribution is -0.121. The maximum absolute atomic E-state index is 12.3. The summed E-state index contributed by atoms with van der Waals surface area (Å²) in [5, 5.41) is 0.867. The minimum Gasteiger partial charge on any atom is -0.451 e. The summed E-state index contributed by atoms with van der Waals surface area (Å²) >= 11 is 0. The Bertz CT molecular complexity index is 1090. The first-order valence-corrected chi connectivity index (χ1v) is 8.13. The first kappa shape index (κ1) is 15.9. The number of hydrogen-bond donors (Lipinski definition) is 3. The van der Waals surface area contributed by atoms with Gasteiger partial charge in [0.25, 0.3) is 0 Å². The molecule has 0 radical (unpaired) electrons. The number of aromatic amines is 1. The second kappa shape index (κ2) is 6.36. The molecule has 0 fully saturated rings. The average Bonchev–Trinajstić information content (AvgIpc) is 3.20. The van der Waals surface area contributed by atoms with Crippen molar-refractivity contribution in [3.8, 4) is 0 Å². The molecule has 2 amide bonds. The number of benzene rings is 2. The van der Waals surface area contributed by atoms with Gasteiger partial charge >= 0.3 is 5.91 Å². The first-order valence-electron chi connectivity index (χ1n) is 8.13. The molecule has 2 aromatic heterocycles. The molecule has 0 bridgehead atoms. The van der Waals surface area contributed by atoms with Crippen molar-refractivity contribution in [1.29, 1.82) is 0 Å². The minimum absolute atomic E-state index is 0.0219. The van der Waals surface area contributed by atoms with Gasteiger partial charge in [-0.2, -0.15) is 0 Å². The van der Waals surface area contributed by atoms with Gasteiger partial charge in [0.2, 0.25) is 5.91 Å². The van der Waals surface area contributed by atoms with E-state index in [4.69, 9.17) is 4.42 Å². The molecular formula is C19H16N4O3. The molecule has 4 aromatic rings. The van der Waals surface area contributed by atoms with Crippen LogP contribution in [0.1, 0.15) is 21.9 Å². The van der Waals surface area contributed by atoms with Gasteiger partial charge in [-0.3, -0.25) is 20.4 Å². The molecule has 0 saturated heterocycles. The molecular weight excluding hydrogens is 332 g/mol. The van der Waals surface area contributed by atoms with Crippen LogP contribution in [0.25, 0.3) is 22.0 Å². The molecule has 0 atom stereocenters. The Hall–Kier alpha value is -3.61. The fraction of sp³-hybridized carbons (Fsp3) is 0.105. The van der Waals surface area contributed by atoms with Gasteiger partial charge in [0, 0.05) is 10.9 Å². The lowest BCUT2D eigenvalue weighted by Gasteiger charge is -2.05. The molecule has 2 aromatic carbocycles. The number of rotatable bonds is 3. The second-order valence-electron chi connectivity index (χ2n) is 5.93.